The van der Waals surface area contributed by atoms with Crippen LogP contribution in [0.4, 0.5) is 10.6 Å². The Bertz CT molecular complexity index is 3290. The predicted molar refractivity (Wildman–Crippen MR) is 325 cm³/mol. The number of nitrogens with zero attached hydrogens (tertiary/aromatic N) is 5. The molecule has 0 aliphatic carbocycles. The third-order valence-electron chi connectivity index (χ3n) is 14.9. The Hall–Kier alpha value is -8.14. The predicted octanol–water partition coefficient (Wildman–Crippen LogP) is -7.62. The lowest BCUT2D eigenvalue weighted by molar-refractivity contribution is -0.369. The number of thiazole rings is 2. The highest BCUT2D eigenvalue weighted by molar-refractivity contribution is 7.14. The second-order valence-electron chi connectivity index (χ2n) is 22.0. The van der Waals surface area contributed by atoms with Crippen LogP contribution in [0, 0.1) is 18.3 Å². The number of nitrogens with one attached hydrogen (secondary N) is 8. The standard InChI is InChI=1S/C53H79N19O20S2/c1-17-31(69-44(72-42(17)58)23(10-29(57)75)64-11-22(54)43(59)81)48(85)71-33(39(24-12-61-16-65-24)90-52-41(37(79)35(77)21(5)88-52)91-51-38(80)40(92-53(60)87)36(78)27(13-73)89-51)49(86)66-19(3)34(76)18(2)45(82)70-32(20(4)74)47(84)63-9-7-30-67-26(15-93-30)50-68-25(14-94-50)46(83)62-8-6-28(55)56/h12,14-16,18-23,27,32-41,51-52,64,73-74,76-80H,6-11,13,54H2,1-5H3,(H3,55,56)(H2,57,75)(H2,59,81)(H2,60,87)(H,61,65)(H,62,83)(H,63,84)(H,66,86)(H,70,82)(H,71,85)(H2,58,69,72)/t18-,19+,20+,21-,22-,23-,27+,32-,33-,34-,35+,36+,37-,38-,39-,40-,41-,51+,52-/m0/s1. The number of ether oxygens (including phenoxy) is 5. The fourth-order valence-electron chi connectivity index (χ4n) is 9.49. The molecule has 0 spiro atoms. The van der Waals surface area contributed by atoms with Gasteiger partial charge in [-0.3, -0.25) is 39.0 Å². The summed E-state index contributed by atoms with van der Waals surface area (Å²) in [5.41, 5.74) is 33.3. The van der Waals surface area contributed by atoms with Gasteiger partial charge < -0.3 is 131 Å². The maximum Gasteiger partial charge on any atom is 0.404 e. The van der Waals surface area contributed by atoms with Crippen LogP contribution in [0.1, 0.15) is 95.7 Å². The zero-order chi connectivity index (χ0) is 69.6. The zero-order valence-electron chi connectivity index (χ0n) is 51.2. The quantitative estimate of drug-likeness (QED) is 0.0156. The SMILES string of the molecule is Cc1c(N)nc([C@H](CC(N)=O)NC[C@H](N)C(N)=O)nc1C(=O)N[C@H](C(=O)N[C@H](C)[C@@H](O)[C@H](C)C(=O)N[C@H](C(=O)NCCc1nc(-c2nc(C(=O)NCCC(=N)N)cs2)cs1)[C@@H](C)O)[C@@H](O[C@@H]1O[C@@H](C)[C@@H](O)[C@H](O)[C@@H]1O[C@H]1O[C@H](CO)[C@@H](O)[C@H](OC(N)=O)[C@@H]1O)c1cnc[nH]1. The first-order valence-electron chi connectivity index (χ1n) is 29.0. The number of nitrogens with two attached hydrogens (primary N) is 6. The minimum Gasteiger partial charge on any atom is -0.441 e. The molecule has 8 amide bonds. The van der Waals surface area contributed by atoms with Crippen LogP contribution in [0.25, 0.3) is 10.7 Å². The molecule has 2 aliphatic heterocycles. The number of aliphatic hydroxyl groups excluding tert-OH is 7. The van der Waals surface area contributed by atoms with E-state index >= 15 is 4.79 Å². The van der Waals surface area contributed by atoms with Gasteiger partial charge in [-0.2, -0.15) is 0 Å². The third-order valence-corrected chi connectivity index (χ3v) is 16.7. The number of aliphatic hydroxyl groups is 7. The maximum atomic E-state index is 15.2. The van der Waals surface area contributed by atoms with E-state index in [2.05, 4.69) is 61.8 Å². The van der Waals surface area contributed by atoms with Crippen LogP contribution < -0.4 is 66.3 Å². The summed E-state index contributed by atoms with van der Waals surface area (Å²) in [5, 5.41) is 105. The monoisotopic (exact) mass is 1370 g/mol. The molecule has 39 nitrogen and oxygen atoms in total. The summed E-state index contributed by atoms with van der Waals surface area (Å²) in [6.07, 6.45) is -23.5. The van der Waals surface area contributed by atoms with Gasteiger partial charge in [0.1, 0.15) is 88.5 Å². The van der Waals surface area contributed by atoms with Crippen LogP contribution >= 0.6 is 22.7 Å². The second-order valence-corrected chi connectivity index (χ2v) is 23.8. The van der Waals surface area contributed by atoms with Gasteiger partial charge in [0.15, 0.2) is 18.7 Å². The summed E-state index contributed by atoms with van der Waals surface area (Å²) in [5.74, 6) is -8.80. The number of hydrogen-bond acceptors (Lipinski definition) is 31. The minimum atomic E-state index is -2.13. The fourth-order valence-corrected chi connectivity index (χ4v) is 11.1. The summed E-state index contributed by atoms with van der Waals surface area (Å²) in [6.45, 7) is 5.17. The van der Waals surface area contributed by atoms with Gasteiger partial charge in [0, 0.05) is 55.2 Å². The third kappa shape index (κ3) is 19.5. The van der Waals surface area contributed by atoms with E-state index in [-0.39, 0.29) is 66.9 Å². The maximum absolute atomic E-state index is 15.2. The lowest BCUT2D eigenvalue weighted by atomic mass is 9.96. The van der Waals surface area contributed by atoms with Crippen LogP contribution in [0.3, 0.4) is 0 Å². The lowest BCUT2D eigenvalue weighted by Gasteiger charge is -2.46. The number of rotatable bonds is 33. The molecule has 27 N–H and O–H groups in total. The summed E-state index contributed by atoms with van der Waals surface area (Å²) >= 11 is 2.42. The average molecular weight is 1370 g/mol. The molecule has 518 valence electrons. The molecule has 94 heavy (non-hydrogen) atoms. The number of aromatic nitrogens is 6. The highest BCUT2D eigenvalue weighted by Crippen LogP contribution is 2.35. The number of imidazole rings is 1. The Kier molecular flexibility index (Phi) is 26.9. The molecule has 6 rings (SSSR count). The van der Waals surface area contributed by atoms with Crippen molar-refractivity contribution in [2.24, 2.45) is 34.6 Å². The number of amidine groups is 1. The average Bonchev–Trinajstić information content (AvgIpc) is 0.855. The summed E-state index contributed by atoms with van der Waals surface area (Å²) in [7, 11) is 0. The van der Waals surface area contributed by atoms with Crippen molar-refractivity contribution in [3.63, 3.8) is 0 Å². The van der Waals surface area contributed by atoms with E-state index in [9.17, 15) is 69.3 Å². The molecule has 2 fully saturated rings. The molecule has 0 radical (unpaired) electrons. The van der Waals surface area contributed by atoms with Crippen molar-refractivity contribution in [3.05, 3.63) is 56.8 Å². The molecule has 6 heterocycles. The number of amides is 8. The molecule has 19 atom stereocenters. The van der Waals surface area contributed by atoms with Crippen LogP contribution in [-0.2, 0) is 54.1 Å². The number of nitrogen functional groups attached to an aromatic ring is 1. The van der Waals surface area contributed by atoms with Gasteiger partial charge in [-0.25, -0.2) is 29.7 Å². The molecule has 0 saturated carbocycles. The van der Waals surface area contributed by atoms with Crippen molar-refractivity contribution in [1.82, 2.24) is 61.8 Å². The van der Waals surface area contributed by atoms with Crippen LogP contribution in [0.5, 0.6) is 0 Å². The van der Waals surface area contributed by atoms with Crippen LogP contribution in [0.2, 0.25) is 0 Å². The first-order chi connectivity index (χ1) is 44.3. The van der Waals surface area contributed by atoms with Crippen molar-refractivity contribution in [1.29, 1.82) is 5.41 Å². The van der Waals surface area contributed by atoms with Crippen molar-refractivity contribution in [2.45, 2.75) is 164 Å². The molecule has 2 aliphatic rings. The van der Waals surface area contributed by atoms with Crippen LogP contribution in [-0.4, -0.2) is 243 Å². The topological polar surface area (TPSA) is 657 Å². The summed E-state index contributed by atoms with van der Waals surface area (Å²) in [6, 6.07) is -7.75. The minimum absolute atomic E-state index is 0.0226. The number of aromatic amines is 1. The van der Waals surface area contributed by atoms with E-state index in [1.165, 1.54) is 57.3 Å². The first kappa shape index (κ1) is 74.9. The molecular weight excluding hydrogens is 1290 g/mol. The number of hydrogen-bond donors (Lipinski definition) is 21. The van der Waals surface area contributed by atoms with Gasteiger partial charge in [-0.05, 0) is 27.7 Å². The Labute approximate surface area is 542 Å². The zero-order valence-corrected chi connectivity index (χ0v) is 52.8. The van der Waals surface area contributed by atoms with E-state index in [1.807, 2.05) is 0 Å². The number of carbonyl (C=O) groups is 8. The highest BCUT2D eigenvalue weighted by atomic mass is 32.1. The van der Waals surface area contributed by atoms with Crippen molar-refractivity contribution in [2.75, 3.05) is 32.0 Å². The molecule has 2 saturated heterocycles. The number of carbonyl (C=O) groups excluding carboxylic acids is 8. The molecule has 0 aromatic carbocycles. The van der Waals surface area contributed by atoms with E-state index in [1.54, 1.807) is 10.8 Å². The second kappa shape index (κ2) is 33.8. The van der Waals surface area contributed by atoms with Gasteiger partial charge in [0.05, 0.1) is 78.0 Å². The Morgan fingerprint density at radius 2 is 1.52 bits per heavy atom. The van der Waals surface area contributed by atoms with Gasteiger partial charge in [0.2, 0.25) is 29.5 Å². The van der Waals surface area contributed by atoms with Gasteiger partial charge in [-0.15, -0.1) is 22.7 Å². The molecule has 4 aromatic heterocycles. The van der Waals surface area contributed by atoms with E-state index in [0.717, 1.165) is 12.5 Å². The first-order valence-corrected chi connectivity index (χ1v) is 30.7. The molecule has 41 heteroatoms. The smallest absolute Gasteiger partial charge is 0.404 e. The van der Waals surface area contributed by atoms with Crippen LogP contribution in [0.15, 0.2) is 23.3 Å². The summed E-state index contributed by atoms with van der Waals surface area (Å²) in [4.78, 5) is 130. The van der Waals surface area contributed by atoms with Gasteiger partial charge in [0.25, 0.3) is 11.8 Å². The Morgan fingerprint density at radius 3 is 2.15 bits per heavy atom. The Morgan fingerprint density at radius 1 is 0.809 bits per heavy atom. The van der Waals surface area contributed by atoms with E-state index in [4.69, 9.17) is 63.5 Å². The molecule has 4 aromatic rings. The fraction of sp³-hybridized carbons (Fsp3) is 0.585. The van der Waals surface area contributed by atoms with Gasteiger partial charge >= 0.3 is 6.09 Å². The van der Waals surface area contributed by atoms with E-state index < -0.39 is 182 Å². The number of anilines is 1. The molecule has 0 unspecified atom stereocenters. The molecular formula is C53H79N19O20S2. The number of primary amides is 3. The Balaban J connectivity index is 1.26. The normalized spacial score (nSPS) is 24.1. The van der Waals surface area contributed by atoms with Crippen molar-refractivity contribution < 1.29 is 97.8 Å². The number of H-pyrrole nitrogens is 1. The largest absolute Gasteiger partial charge is 0.441 e. The van der Waals surface area contributed by atoms with Crippen molar-refractivity contribution >= 4 is 81.8 Å². The highest BCUT2D eigenvalue weighted by Gasteiger charge is 2.53. The van der Waals surface area contributed by atoms with E-state index in [0.29, 0.717) is 15.7 Å². The van der Waals surface area contributed by atoms with Gasteiger partial charge in [-0.1, -0.05) is 6.92 Å². The van der Waals surface area contributed by atoms with Crippen molar-refractivity contribution in [3.8, 4) is 10.7 Å². The molecule has 0 bridgehead atoms. The summed E-state index contributed by atoms with van der Waals surface area (Å²) < 4.78 is 28.9. The lowest BCUT2D eigenvalue weighted by Crippen LogP contribution is -2.65.